The van der Waals surface area contributed by atoms with Crippen LogP contribution in [0.5, 0.6) is 5.75 Å². The van der Waals surface area contributed by atoms with E-state index in [2.05, 4.69) is 10.3 Å². The normalized spacial score (nSPS) is 11.2. The van der Waals surface area contributed by atoms with Crippen LogP contribution in [0.1, 0.15) is 13.8 Å². The average Bonchev–Trinajstić information content (AvgIpc) is 2.71. The van der Waals surface area contributed by atoms with Crippen molar-refractivity contribution in [3.05, 3.63) is 82.1 Å². The van der Waals surface area contributed by atoms with Gasteiger partial charge in [0, 0.05) is 29.7 Å². The summed E-state index contributed by atoms with van der Waals surface area (Å²) in [5.41, 5.74) is -0.271. The highest BCUT2D eigenvalue weighted by Crippen LogP contribution is 2.21. The summed E-state index contributed by atoms with van der Waals surface area (Å²) in [5.74, 6) is -0.149. The van der Waals surface area contributed by atoms with Gasteiger partial charge in [-0.25, -0.2) is 9.37 Å². The first-order valence-corrected chi connectivity index (χ1v) is 9.68. The molecule has 1 heterocycles. The van der Waals surface area contributed by atoms with Crippen LogP contribution >= 0.6 is 11.6 Å². The molecule has 0 atom stereocenters. The fourth-order valence-corrected chi connectivity index (χ4v) is 2.84. The van der Waals surface area contributed by atoms with Crippen molar-refractivity contribution in [1.29, 1.82) is 0 Å². The average molecular weight is 430 g/mol. The second kappa shape index (κ2) is 9.09. The van der Waals surface area contributed by atoms with E-state index in [-0.39, 0.29) is 30.4 Å². The minimum atomic E-state index is -1.11. The van der Waals surface area contributed by atoms with Crippen molar-refractivity contribution in [2.24, 2.45) is 0 Å². The molecule has 1 N–H and O–H groups in total. The first-order valence-electron chi connectivity index (χ1n) is 9.30. The van der Waals surface area contributed by atoms with Crippen LogP contribution in [0.3, 0.4) is 0 Å². The van der Waals surface area contributed by atoms with E-state index in [1.165, 1.54) is 29.1 Å². The van der Waals surface area contributed by atoms with Crippen molar-refractivity contribution in [2.45, 2.75) is 26.0 Å². The Morgan fingerprint density at radius 1 is 1.17 bits per heavy atom. The number of hydrogen-bond acceptors (Lipinski definition) is 4. The van der Waals surface area contributed by atoms with E-state index in [0.717, 1.165) is 0 Å². The fourth-order valence-electron chi connectivity index (χ4n) is 2.72. The van der Waals surface area contributed by atoms with Gasteiger partial charge in [0.1, 0.15) is 11.6 Å². The number of hydrogen-bond donors (Lipinski definition) is 1. The third-order valence-corrected chi connectivity index (χ3v) is 4.64. The number of halogens is 2. The molecule has 0 aliphatic heterocycles. The van der Waals surface area contributed by atoms with Crippen LogP contribution in [-0.4, -0.2) is 27.6 Å². The van der Waals surface area contributed by atoms with Crippen molar-refractivity contribution in [3.63, 3.8) is 0 Å². The van der Waals surface area contributed by atoms with Gasteiger partial charge >= 0.3 is 0 Å². The van der Waals surface area contributed by atoms with Gasteiger partial charge in [-0.15, -0.1) is 0 Å². The highest BCUT2D eigenvalue weighted by atomic mass is 35.5. The molecule has 8 heteroatoms. The maximum atomic E-state index is 13.0. The van der Waals surface area contributed by atoms with Crippen molar-refractivity contribution < 1.29 is 13.9 Å². The molecule has 6 nitrogen and oxygen atoms in total. The highest BCUT2D eigenvalue weighted by molar-refractivity contribution is 6.30. The number of carbonyl (C=O) groups is 1. The van der Waals surface area contributed by atoms with Crippen molar-refractivity contribution >= 4 is 17.5 Å². The van der Waals surface area contributed by atoms with Crippen LogP contribution in [-0.2, 0) is 11.3 Å². The molecule has 0 aliphatic rings. The lowest BCUT2D eigenvalue weighted by Crippen LogP contribution is -2.47. The lowest BCUT2D eigenvalue weighted by molar-refractivity contribution is -0.134. The standard InChI is InChI=1S/C22H21ClFN3O3/c1-22(2,30-18-9-5-16(23)6-10-18)21(29)25-11-12-27-14-26-19(13-20(27)28)15-3-7-17(24)8-4-15/h3-10,13-14H,11-12H2,1-2H3,(H,25,29). The zero-order valence-corrected chi connectivity index (χ0v) is 17.3. The molecule has 3 rings (SSSR count). The van der Waals surface area contributed by atoms with Crippen molar-refractivity contribution in [1.82, 2.24) is 14.9 Å². The summed E-state index contributed by atoms with van der Waals surface area (Å²) in [5, 5.41) is 3.34. The summed E-state index contributed by atoms with van der Waals surface area (Å²) < 4.78 is 20.2. The van der Waals surface area contributed by atoms with Gasteiger partial charge in [-0.1, -0.05) is 11.6 Å². The van der Waals surface area contributed by atoms with Crippen LogP contribution in [0, 0.1) is 5.82 Å². The first-order chi connectivity index (χ1) is 14.2. The van der Waals surface area contributed by atoms with Crippen LogP contribution in [0.25, 0.3) is 11.3 Å². The molecule has 0 saturated carbocycles. The Kier molecular flexibility index (Phi) is 6.52. The summed E-state index contributed by atoms with van der Waals surface area (Å²) >= 11 is 5.85. The van der Waals surface area contributed by atoms with E-state index in [1.54, 1.807) is 50.2 Å². The van der Waals surface area contributed by atoms with E-state index >= 15 is 0 Å². The van der Waals surface area contributed by atoms with E-state index in [9.17, 15) is 14.0 Å². The van der Waals surface area contributed by atoms with Crippen LogP contribution in [0.15, 0.2) is 65.7 Å². The van der Waals surface area contributed by atoms with Gasteiger partial charge in [0.15, 0.2) is 5.60 Å². The smallest absolute Gasteiger partial charge is 0.263 e. The summed E-state index contributed by atoms with van der Waals surface area (Å²) in [7, 11) is 0. The van der Waals surface area contributed by atoms with Crippen molar-refractivity contribution in [3.8, 4) is 17.0 Å². The molecule has 1 aromatic heterocycles. The second-order valence-corrected chi connectivity index (χ2v) is 7.57. The Morgan fingerprint density at radius 2 is 1.83 bits per heavy atom. The number of benzene rings is 2. The molecular weight excluding hydrogens is 409 g/mol. The van der Waals surface area contributed by atoms with Crippen LogP contribution < -0.4 is 15.6 Å². The number of carbonyl (C=O) groups excluding carboxylic acids is 1. The Balaban J connectivity index is 1.57. The second-order valence-electron chi connectivity index (χ2n) is 7.13. The summed E-state index contributed by atoms with van der Waals surface area (Å²) in [4.78, 5) is 29.0. The number of amides is 1. The minimum Gasteiger partial charge on any atom is -0.478 e. The van der Waals surface area contributed by atoms with Crippen LogP contribution in [0.4, 0.5) is 4.39 Å². The third kappa shape index (κ3) is 5.45. The molecule has 30 heavy (non-hydrogen) atoms. The zero-order chi connectivity index (χ0) is 21.7. The molecule has 0 bridgehead atoms. The zero-order valence-electron chi connectivity index (χ0n) is 16.6. The van der Waals surface area contributed by atoms with Gasteiger partial charge in [-0.3, -0.25) is 14.2 Å². The number of aromatic nitrogens is 2. The van der Waals surface area contributed by atoms with Crippen LogP contribution in [0.2, 0.25) is 5.02 Å². The molecule has 0 saturated heterocycles. The minimum absolute atomic E-state index is 0.226. The van der Waals surface area contributed by atoms with Gasteiger partial charge in [0.25, 0.3) is 11.5 Å². The predicted molar refractivity (Wildman–Crippen MR) is 113 cm³/mol. The molecule has 156 valence electrons. The molecule has 0 aliphatic carbocycles. The Hall–Kier alpha value is -3.19. The molecule has 0 radical (unpaired) electrons. The van der Waals surface area contributed by atoms with E-state index in [1.807, 2.05) is 0 Å². The molecule has 0 unspecified atom stereocenters. The van der Waals surface area contributed by atoms with Gasteiger partial charge in [0.05, 0.1) is 12.0 Å². The maximum absolute atomic E-state index is 13.0. The lowest BCUT2D eigenvalue weighted by Gasteiger charge is -2.25. The Labute approximate surface area is 178 Å². The fraction of sp³-hybridized carbons (Fsp3) is 0.227. The van der Waals surface area contributed by atoms with Gasteiger partial charge in [-0.05, 0) is 62.4 Å². The monoisotopic (exact) mass is 429 g/mol. The number of nitrogens with one attached hydrogen (secondary N) is 1. The molecule has 1 amide bonds. The predicted octanol–water partition coefficient (Wildman–Crippen LogP) is 3.68. The largest absolute Gasteiger partial charge is 0.478 e. The molecule has 0 spiro atoms. The van der Waals surface area contributed by atoms with Gasteiger partial charge < -0.3 is 10.1 Å². The topological polar surface area (TPSA) is 73.2 Å². The SMILES string of the molecule is CC(C)(Oc1ccc(Cl)cc1)C(=O)NCCn1cnc(-c2ccc(F)cc2)cc1=O. The summed E-state index contributed by atoms with van der Waals surface area (Å²) in [6.45, 7) is 3.78. The van der Waals surface area contributed by atoms with Gasteiger partial charge in [-0.2, -0.15) is 0 Å². The summed E-state index contributed by atoms with van der Waals surface area (Å²) in [6, 6.07) is 13.9. The van der Waals surface area contributed by atoms with E-state index in [4.69, 9.17) is 16.3 Å². The number of nitrogens with zero attached hydrogens (tertiary/aromatic N) is 2. The maximum Gasteiger partial charge on any atom is 0.263 e. The summed E-state index contributed by atoms with van der Waals surface area (Å²) in [6.07, 6.45) is 1.41. The van der Waals surface area contributed by atoms with E-state index in [0.29, 0.717) is 22.0 Å². The molecule has 3 aromatic rings. The number of rotatable bonds is 7. The van der Waals surface area contributed by atoms with Gasteiger partial charge in [0.2, 0.25) is 0 Å². The molecular formula is C22H21ClFN3O3. The van der Waals surface area contributed by atoms with E-state index < -0.39 is 5.60 Å². The Morgan fingerprint density at radius 3 is 2.47 bits per heavy atom. The van der Waals surface area contributed by atoms with Crippen molar-refractivity contribution in [2.75, 3.05) is 6.54 Å². The Bertz CT molecular complexity index is 1080. The number of ether oxygens (including phenoxy) is 1. The highest BCUT2D eigenvalue weighted by Gasteiger charge is 2.29. The quantitative estimate of drug-likeness (QED) is 0.621. The third-order valence-electron chi connectivity index (χ3n) is 4.39. The molecule has 0 fully saturated rings. The lowest BCUT2D eigenvalue weighted by atomic mass is 10.1. The molecule has 2 aromatic carbocycles. The first kappa shape index (κ1) is 21.5.